The number of rotatable bonds is 70. The van der Waals surface area contributed by atoms with E-state index in [0.717, 1.165) is 57.8 Å². The van der Waals surface area contributed by atoms with E-state index < -0.39 is 67.4 Å². The van der Waals surface area contributed by atoms with Crippen molar-refractivity contribution in [2.45, 2.75) is 449 Å². The number of unbranched alkanes of at least 4 members (excludes halogenated alkanes) is 52. The highest BCUT2D eigenvalue weighted by atomic mass is 16.7. The van der Waals surface area contributed by atoms with Gasteiger partial charge in [-0.3, -0.25) is 9.59 Å². The van der Waals surface area contributed by atoms with Gasteiger partial charge in [-0.05, 0) is 77.0 Å². The lowest BCUT2D eigenvalue weighted by Crippen LogP contribution is -2.61. The molecule has 0 aliphatic carbocycles. The number of nitrogens with one attached hydrogen (secondary N) is 1. The molecule has 6 N–H and O–H groups in total. The molecule has 0 bridgehead atoms. The lowest BCUT2D eigenvalue weighted by molar-refractivity contribution is -0.305. The Morgan fingerprint density at radius 3 is 1.07 bits per heavy atom. The highest BCUT2D eigenvalue weighted by molar-refractivity contribution is 5.80. The number of aliphatic hydroxyl groups is 5. The molecule has 0 aromatic carbocycles. The van der Waals surface area contributed by atoms with Crippen LogP contribution >= 0.6 is 0 Å². The Morgan fingerprint density at radius 1 is 0.418 bits per heavy atom. The molecule has 0 aromatic rings. The number of carbonyl (C=O) groups is 2. The molecule has 1 heterocycles. The van der Waals surface area contributed by atoms with E-state index in [0.29, 0.717) is 19.3 Å². The monoisotopic (exact) mass is 1290 g/mol. The third-order valence-corrected chi connectivity index (χ3v) is 19.0. The Labute approximate surface area is 562 Å². The molecular weight excluding hydrogens is 1130 g/mol. The van der Waals surface area contributed by atoms with Crippen LogP contribution in [0.1, 0.15) is 400 Å². The normalized spacial score (nSPS) is 18.1. The molecule has 0 radical (unpaired) electrons. The van der Waals surface area contributed by atoms with Gasteiger partial charge in [-0.15, -0.1) is 0 Å². The fourth-order valence-corrected chi connectivity index (χ4v) is 12.8. The van der Waals surface area contributed by atoms with Crippen molar-refractivity contribution < 1.29 is 49.3 Å². The molecule has 0 saturated carbocycles. The third kappa shape index (κ3) is 54.7. The van der Waals surface area contributed by atoms with Crippen LogP contribution in [-0.2, 0) is 23.8 Å². The van der Waals surface area contributed by atoms with Gasteiger partial charge in [-0.1, -0.05) is 353 Å². The topological polar surface area (TPSA) is 175 Å². The summed E-state index contributed by atoms with van der Waals surface area (Å²) in [6.07, 6.45) is 74.8. The van der Waals surface area contributed by atoms with E-state index in [9.17, 15) is 35.1 Å². The quantitative estimate of drug-likeness (QED) is 0.0195. The summed E-state index contributed by atoms with van der Waals surface area (Å²) in [5.41, 5.74) is 0. The Kier molecular flexibility index (Phi) is 64.8. The highest BCUT2D eigenvalue weighted by Gasteiger charge is 2.47. The molecule has 11 heteroatoms. The van der Waals surface area contributed by atoms with Crippen LogP contribution in [-0.4, -0.2) is 99.6 Å². The van der Waals surface area contributed by atoms with Crippen molar-refractivity contribution in [1.29, 1.82) is 0 Å². The summed E-state index contributed by atoms with van der Waals surface area (Å²) in [7, 11) is 0. The van der Waals surface area contributed by atoms with Gasteiger partial charge in [0.25, 0.3) is 0 Å². The molecule has 1 fully saturated rings. The molecule has 1 aliphatic heterocycles. The van der Waals surface area contributed by atoms with Crippen molar-refractivity contribution >= 4 is 11.9 Å². The second-order valence-electron chi connectivity index (χ2n) is 27.8. The predicted molar refractivity (Wildman–Crippen MR) is 384 cm³/mol. The zero-order chi connectivity index (χ0) is 66.0. The standard InChI is InChI=1S/C80H151NO10/c1-4-7-10-13-16-19-22-25-27-29-31-33-35-36-37-39-40-42-44-46-49-52-55-58-61-64-67-73(84)79(88)81-71(72(83)66-63-60-57-54-51-48-24-21-18-15-12-9-6-3)70-89-80-78(77(87)76(86)74(69-82)90-80)91-75(85)68-65-62-59-56-53-50-47-45-43-41-38-34-32-30-28-26-23-20-17-14-11-8-5-2/h25-28,63,66,71-74,76-78,80,82-84,86-87H,4-24,29-62,64-65,67-70H2,1-3H3,(H,81,88)/b27-25+,28-26+,66-63+. The van der Waals surface area contributed by atoms with E-state index in [1.54, 1.807) is 6.08 Å². The molecule has 1 aliphatic rings. The molecule has 1 amide bonds. The number of allylic oxidation sites excluding steroid dienone is 5. The van der Waals surface area contributed by atoms with E-state index in [-0.39, 0.29) is 13.0 Å². The Morgan fingerprint density at radius 2 is 0.725 bits per heavy atom. The van der Waals surface area contributed by atoms with E-state index in [1.165, 1.54) is 295 Å². The van der Waals surface area contributed by atoms with E-state index in [1.807, 2.05) is 6.08 Å². The molecule has 91 heavy (non-hydrogen) atoms. The first-order valence-corrected chi connectivity index (χ1v) is 39.8. The van der Waals surface area contributed by atoms with Gasteiger partial charge < -0.3 is 45.1 Å². The van der Waals surface area contributed by atoms with Crippen LogP contribution in [0.2, 0.25) is 0 Å². The number of amides is 1. The van der Waals surface area contributed by atoms with Crippen LogP contribution in [0.25, 0.3) is 0 Å². The summed E-state index contributed by atoms with van der Waals surface area (Å²) in [4.78, 5) is 26.8. The largest absolute Gasteiger partial charge is 0.454 e. The maximum Gasteiger partial charge on any atom is 0.306 e. The number of carbonyl (C=O) groups excluding carboxylic acids is 2. The Balaban J connectivity index is 2.51. The first kappa shape index (κ1) is 86.9. The van der Waals surface area contributed by atoms with Crippen LogP contribution in [0.15, 0.2) is 36.5 Å². The van der Waals surface area contributed by atoms with Crippen LogP contribution in [0, 0.1) is 0 Å². The molecule has 0 aromatic heterocycles. The lowest BCUT2D eigenvalue weighted by Gasteiger charge is -2.41. The SMILES string of the molecule is CCCCCCCC/C=C/CCCCCCCCCCCCCCCCCCC(O)C(=O)NC(COC1OC(CO)C(O)C(O)C1OC(=O)CCCCCCCCCCCCCCC/C=C/CCCCCCCC)C(O)/C=C/CCCCCCCCCCCCC. The van der Waals surface area contributed by atoms with Crippen LogP contribution in [0.5, 0.6) is 0 Å². The highest BCUT2D eigenvalue weighted by Crippen LogP contribution is 2.27. The summed E-state index contributed by atoms with van der Waals surface area (Å²) in [6, 6.07) is -1.02. The number of hydrogen-bond donors (Lipinski definition) is 6. The zero-order valence-corrected chi connectivity index (χ0v) is 60.0. The van der Waals surface area contributed by atoms with Crippen molar-refractivity contribution in [2.24, 2.45) is 0 Å². The van der Waals surface area contributed by atoms with Crippen molar-refractivity contribution in [2.75, 3.05) is 13.2 Å². The second kappa shape index (κ2) is 67.8. The van der Waals surface area contributed by atoms with Crippen LogP contribution in [0.4, 0.5) is 0 Å². The van der Waals surface area contributed by atoms with Crippen molar-refractivity contribution in [3.05, 3.63) is 36.5 Å². The van der Waals surface area contributed by atoms with Crippen molar-refractivity contribution in [1.82, 2.24) is 5.32 Å². The summed E-state index contributed by atoms with van der Waals surface area (Å²) in [5.74, 6) is -1.17. The van der Waals surface area contributed by atoms with Gasteiger partial charge in [0, 0.05) is 6.42 Å². The van der Waals surface area contributed by atoms with Gasteiger partial charge >= 0.3 is 5.97 Å². The number of hydrogen-bond acceptors (Lipinski definition) is 10. The second-order valence-corrected chi connectivity index (χ2v) is 27.8. The fourth-order valence-electron chi connectivity index (χ4n) is 12.8. The third-order valence-electron chi connectivity index (χ3n) is 19.0. The first-order chi connectivity index (χ1) is 44.7. The minimum Gasteiger partial charge on any atom is -0.454 e. The van der Waals surface area contributed by atoms with Gasteiger partial charge in [0.15, 0.2) is 12.4 Å². The van der Waals surface area contributed by atoms with Gasteiger partial charge in [0.2, 0.25) is 5.91 Å². The average molecular weight is 1290 g/mol. The average Bonchev–Trinajstić information content (AvgIpc) is 0.969. The molecule has 536 valence electrons. The number of ether oxygens (including phenoxy) is 3. The van der Waals surface area contributed by atoms with Crippen molar-refractivity contribution in [3.63, 3.8) is 0 Å². The molecule has 8 atom stereocenters. The predicted octanol–water partition coefficient (Wildman–Crippen LogP) is 21.3. The maximum absolute atomic E-state index is 13.5. The molecular formula is C80H151NO10. The number of esters is 1. The molecule has 8 unspecified atom stereocenters. The van der Waals surface area contributed by atoms with Gasteiger partial charge in [-0.25, -0.2) is 0 Å². The van der Waals surface area contributed by atoms with Crippen molar-refractivity contribution in [3.8, 4) is 0 Å². The zero-order valence-electron chi connectivity index (χ0n) is 60.0. The molecule has 0 spiro atoms. The smallest absolute Gasteiger partial charge is 0.306 e. The van der Waals surface area contributed by atoms with E-state index >= 15 is 0 Å². The van der Waals surface area contributed by atoms with E-state index in [4.69, 9.17) is 14.2 Å². The summed E-state index contributed by atoms with van der Waals surface area (Å²) in [6.45, 7) is 5.86. The van der Waals surface area contributed by atoms with Gasteiger partial charge in [0.1, 0.15) is 24.4 Å². The van der Waals surface area contributed by atoms with E-state index in [2.05, 4.69) is 50.4 Å². The molecule has 11 nitrogen and oxygen atoms in total. The Hall–Kier alpha value is -2.12. The lowest BCUT2D eigenvalue weighted by atomic mass is 9.99. The number of aliphatic hydroxyl groups excluding tert-OH is 5. The minimum atomic E-state index is -1.61. The fraction of sp³-hybridized carbons (Fsp3) is 0.900. The van der Waals surface area contributed by atoms with Crippen LogP contribution < -0.4 is 5.32 Å². The van der Waals surface area contributed by atoms with Gasteiger partial charge in [0.05, 0.1) is 25.4 Å². The maximum atomic E-state index is 13.5. The molecule has 1 rings (SSSR count). The first-order valence-electron chi connectivity index (χ1n) is 39.8. The summed E-state index contributed by atoms with van der Waals surface area (Å²) >= 11 is 0. The Bertz CT molecular complexity index is 1620. The molecule has 1 saturated heterocycles. The summed E-state index contributed by atoms with van der Waals surface area (Å²) < 4.78 is 17.8. The van der Waals surface area contributed by atoms with Gasteiger partial charge in [-0.2, -0.15) is 0 Å². The van der Waals surface area contributed by atoms with Crippen LogP contribution in [0.3, 0.4) is 0 Å². The summed E-state index contributed by atoms with van der Waals surface area (Å²) in [5, 5.41) is 57.5. The minimum absolute atomic E-state index is 0.128.